The number of rotatable bonds is 6. The summed E-state index contributed by atoms with van der Waals surface area (Å²) in [6.07, 6.45) is -3.46. The molecule has 2 heterocycles. The summed E-state index contributed by atoms with van der Waals surface area (Å²) in [6.45, 7) is 1.21. The smallest absolute Gasteiger partial charge is 0.394 e. The van der Waals surface area contributed by atoms with E-state index in [-0.39, 0.29) is 56.9 Å². The van der Waals surface area contributed by atoms with Gasteiger partial charge >= 0.3 is 12.1 Å². The molecule has 1 aromatic rings. The van der Waals surface area contributed by atoms with Crippen LogP contribution in [0.5, 0.6) is 0 Å². The number of fused-ring (bicyclic) bond motifs is 1. The van der Waals surface area contributed by atoms with Gasteiger partial charge in [0.1, 0.15) is 6.17 Å². The van der Waals surface area contributed by atoms with Crippen LogP contribution in [-0.4, -0.2) is 93.4 Å². The minimum atomic E-state index is -4.46. The first-order chi connectivity index (χ1) is 20.7. The summed E-state index contributed by atoms with van der Waals surface area (Å²) in [5, 5.41) is 13.3. The van der Waals surface area contributed by atoms with Gasteiger partial charge in [-0.05, 0) is 83.4 Å². The molecule has 4 fully saturated rings. The fraction of sp³-hybridized carbons (Fsp3) is 0.806. The van der Waals surface area contributed by atoms with E-state index >= 15 is 4.39 Å². The minimum absolute atomic E-state index is 0.0272. The Labute approximate surface area is 259 Å². The van der Waals surface area contributed by atoms with Gasteiger partial charge in [0, 0.05) is 42.8 Å². The highest BCUT2D eigenvalue weighted by molar-refractivity contribution is 6.22. The number of aliphatic carboxylic acids is 1. The molecular formula is C31H41ClF4N4O4. The molecule has 7 unspecified atom stereocenters. The molecule has 13 heteroatoms. The summed E-state index contributed by atoms with van der Waals surface area (Å²) < 4.78 is 59.7. The number of amides is 1. The van der Waals surface area contributed by atoms with Crippen LogP contribution >= 0.6 is 11.6 Å². The number of carboxylic acid groups (broad SMARTS) is 1. The molecule has 5 aliphatic rings. The van der Waals surface area contributed by atoms with Crippen molar-refractivity contribution >= 4 is 29.4 Å². The molecular weight excluding hydrogens is 604 g/mol. The lowest BCUT2D eigenvalue weighted by Gasteiger charge is -2.44. The second-order valence-corrected chi connectivity index (χ2v) is 14.6. The van der Waals surface area contributed by atoms with Crippen LogP contribution in [0.25, 0.3) is 0 Å². The van der Waals surface area contributed by atoms with E-state index in [0.29, 0.717) is 55.7 Å². The standard InChI is InChI=1S/C31H41ClF4N4O4/c1-38(2)18-14-39(15-18)27(41)16-6-9-20-24(13-16)40(37-26(20)19-8-7-17(29(43)44)12-23(19)33)28(42)25-21(4-3-5-22(25)32)30(10-11-30)31(34,35)36/h16-19,21-23,25H,3-15H2,1-2H3,(H,43,44). The van der Waals surface area contributed by atoms with Crippen molar-refractivity contribution in [2.45, 2.75) is 100 Å². The van der Waals surface area contributed by atoms with Crippen molar-refractivity contribution in [3.8, 4) is 0 Å². The minimum Gasteiger partial charge on any atom is -0.481 e. The lowest BCUT2D eigenvalue weighted by atomic mass is 9.69. The molecule has 1 aromatic heterocycles. The summed E-state index contributed by atoms with van der Waals surface area (Å²) >= 11 is 6.69. The summed E-state index contributed by atoms with van der Waals surface area (Å²) in [5.74, 6) is -5.72. The van der Waals surface area contributed by atoms with Crippen molar-refractivity contribution in [3.05, 3.63) is 17.0 Å². The Morgan fingerprint density at radius 3 is 2.32 bits per heavy atom. The fourth-order valence-corrected chi connectivity index (χ4v) is 8.87. The summed E-state index contributed by atoms with van der Waals surface area (Å²) in [5.41, 5.74) is -0.414. The number of hydrogen-bond donors (Lipinski definition) is 1. The molecule has 6 rings (SSSR count). The Hall–Kier alpha value is -2.21. The summed E-state index contributed by atoms with van der Waals surface area (Å²) in [6, 6.07) is 0.270. The Bertz CT molecular complexity index is 1310. The molecule has 8 nitrogen and oxygen atoms in total. The third-order valence-electron chi connectivity index (χ3n) is 11.4. The molecule has 44 heavy (non-hydrogen) atoms. The van der Waals surface area contributed by atoms with E-state index in [1.54, 1.807) is 4.90 Å². The zero-order valence-electron chi connectivity index (χ0n) is 25.2. The van der Waals surface area contributed by atoms with Crippen molar-refractivity contribution in [1.82, 2.24) is 19.6 Å². The number of nitrogens with zero attached hydrogens (tertiary/aromatic N) is 4. The number of aromatic nitrogens is 2. The topological polar surface area (TPSA) is 95.7 Å². The first-order valence-electron chi connectivity index (χ1n) is 15.9. The number of hydrogen-bond acceptors (Lipinski definition) is 5. The Kier molecular flexibility index (Phi) is 8.33. The number of likely N-dealkylation sites (tertiary alicyclic amines) is 1. The van der Waals surface area contributed by atoms with Gasteiger partial charge in [-0.3, -0.25) is 14.4 Å². The fourth-order valence-electron chi connectivity index (χ4n) is 8.43. The van der Waals surface area contributed by atoms with Crippen molar-refractivity contribution in [2.24, 2.45) is 29.1 Å². The van der Waals surface area contributed by atoms with Crippen LogP contribution in [0, 0.1) is 29.1 Å². The maximum Gasteiger partial charge on any atom is 0.394 e. The summed E-state index contributed by atoms with van der Waals surface area (Å²) in [4.78, 5) is 43.3. The third-order valence-corrected chi connectivity index (χ3v) is 11.9. The summed E-state index contributed by atoms with van der Waals surface area (Å²) in [7, 11) is 3.92. The molecule has 3 saturated carbocycles. The van der Waals surface area contributed by atoms with Gasteiger partial charge in [-0.15, -0.1) is 11.6 Å². The zero-order valence-corrected chi connectivity index (χ0v) is 25.9. The van der Waals surface area contributed by atoms with Gasteiger partial charge < -0.3 is 14.9 Å². The Morgan fingerprint density at radius 1 is 1.02 bits per heavy atom. The van der Waals surface area contributed by atoms with Gasteiger partial charge in [0.25, 0.3) is 5.91 Å². The number of alkyl halides is 5. The lowest BCUT2D eigenvalue weighted by molar-refractivity contribution is -0.209. The maximum absolute atomic E-state index is 15.6. The maximum atomic E-state index is 15.6. The average Bonchev–Trinajstić information content (AvgIpc) is 3.67. The van der Waals surface area contributed by atoms with E-state index in [1.807, 2.05) is 14.1 Å². The van der Waals surface area contributed by atoms with Crippen LogP contribution < -0.4 is 0 Å². The molecule has 0 aromatic carbocycles. The second kappa shape index (κ2) is 11.5. The molecule has 1 saturated heterocycles. The molecule has 0 spiro atoms. The second-order valence-electron chi connectivity index (χ2n) is 14.1. The molecule has 1 aliphatic heterocycles. The van der Waals surface area contributed by atoms with Crippen molar-refractivity contribution in [3.63, 3.8) is 0 Å². The molecule has 0 radical (unpaired) electrons. The van der Waals surface area contributed by atoms with E-state index in [9.17, 15) is 32.7 Å². The molecule has 244 valence electrons. The Morgan fingerprint density at radius 2 is 1.73 bits per heavy atom. The highest BCUT2D eigenvalue weighted by Crippen LogP contribution is 2.66. The van der Waals surface area contributed by atoms with Crippen molar-refractivity contribution < 1.29 is 37.1 Å². The number of carbonyl (C=O) groups excluding carboxylic acids is 2. The van der Waals surface area contributed by atoms with Crippen LogP contribution in [0.2, 0.25) is 0 Å². The lowest BCUT2D eigenvalue weighted by Crippen LogP contribution is -2.60. The third kappa shape index (κ3) is 5.35. The van der Waals surface area contributed by atoms with Crippen LogP contribution in [0.3, 0.4) is 0 Å². The predicted octanol–water partition coefficient (Wildman–Crippen LogP) is 5.07. The molecule has 0 bridgehead atoms. The SMILES string of the molecule is CN(C)C1CN(C(=O)C2CCc3c(C4CCC(C(=O)O)CC4F)nn(C(=O)C4C(Cl)CCCC4C4(C(F)(F)F)CC4)c3C2)C1. The van der Waals surface area contributed by atoms with Crippen LogP contribution in [0.4, 0.5) is 17.6 Å². The Balaban J connectivity index is 1.34. The molecule has 1 amide bonds. The number of likely N-dealkylation sites (N-methyl/N-ethyl adjacent to an activating group) is 1. The number of halogens is 5. The first kappa shape index (κ1) is 31.8. The molecule has 7 atom stereocenters. The highest BCUT2D eigenvalue weighted by atomic mass is 35.5. The van der Waals surface area contributed by atoms with E-state index in [4.69, 9.17) is 11.6 Å². The van der Waals surface area contributed by atoms with Gasteiger partial charge in [-0.1, -0.05) is 6.42 Å². The normalized spacial score (nSPS) is 33.9. The average molecular weight is 645 g/mol. The quantitative estimate of drug-likeness (QED) is 0.343. The van der Waals surface area contributed by atoms with Crippen molar-refractivity contribution in [1.29, 1.82) is 0 Å². The predicted molar refractivity (Wildman–Crippen MR) is 153 cm³/mol. The van der Waals surface area contributed by atoms with Gasteiger partial charge in [0.2, 0.25) is 5.91 Å². The molecule has 1 N–H and O–H groups in total. The van der Waals surface area contributed by atoms with Crippen LogP contribution in [-0.2, 0) is 22.4 Å². The van der Waals surface area contributed by atoms with E-state index in [2.05, 4.69) is 10.00 Å². The number of carboxylic acids is 1. The van der Waals surface area contributed by atoms with Crippen molar-refractivity contribution in [2.75, 3.05) is 27.2 Å². The van der Waals surface area contributed by atoms with Crippen LogP contribution in [0.1, 0.15) is 85.5 Å². The zero-order chi connectivity index (χ0) is 31.7. The van der Waals surface area contributed by atoms with E-state index < -0.39 is 64.6 Å². The molecule has 4 aliphatic carbocycles. The van der Waals surface area contributed by atoms with E-state index in [1.165, 1.54) is 4.68 Å². The van der Waals surface area contributed by atoms with Gasteiger partial charge in [-0.25, -0.2) is 9.07 Å². The van der Waals surface area contributed by atoms with E-state index in [0.717, 1.165) is 0 Å². The van der Waals surface area contributed by atoms with Crippen LogP contribution in [0.15, 0.2) is 0 Å². The van der Waals surface area contributed by atoms with Gasteiger partial charge in [0.05, 0.1) is 28.6 Å². The highest BCUT2D eigenvalue weighted by Gasteiger charge is 2.69. The van der Waals surface area contributed by atoms with Gasteiger partial charge in [-0.2, -0.15) is 18.3 Å². The number of carbonyl (C=O) groups is 3. The largest absolute Gasteiger partial charge is 0.481 e. The first-order valence-corrected chi connectivity index (χ1v) is 16.3. The monoisotopic (exact) mass is 644 g/mol. The van der Waals surface area contributed by atoms with Gasteiger partial charge in [0.15, 0.2) is 0 Å².